The molecule has 0 saturated heterocycles. The molecule has 0 aliphatic heterocycles. The van der Waals surface area contributed by atoms with Gasteiger partial charge in [-0.25, -0.2) is 9.67 Å². The van der Waals surface area contributed by atoms with E-state index in [9.17, 15) is 5.11 Å². The quantitative estimate of drug-likeness (QED) is 0.690. The molecule has 2 N–H and O–H groups in total. The summed E-state index contributed by atoms with van der Waals surface area (Å²) in [6, 6.07) is 12.4. The minimum atomic E-state index is -0.408. The van der Waals surface area contributed by atoms with Gasteiger partial charge in [0.15, 0.2) is 5.15 Å². The summed E-state index contributed by atoms with van der Waals surface area (Å²) in [5.74, 6) is 2.67. The maximum atomic E-state index is 10.8. The van der Waals surface area contributed by atoms with E-state index in [4.69, 9.17) is 11.6 Å². The molecule has 1 aromatic carbocycles. The minimum absolute atomic E-state index is 0.400. The highest BCUT2D eigenvalue weighted by Gasteiger charge is 2.54. The zero-order chi connectivity index (χ0) is 18.9. The van der Waals surface area contributed by atoms with Crippen LogP contribution in [0.4, 0.5) is 5.82 Å². The summed E-state index contributed by atoms with van der Waals surface area (Å²) in [7, 11) is 0. The van der Waals surface area contributed by atoms with Gasteiger partial charge in [-0.3, -0.25) is 0 Å². The normalized spacial score (nSPS) is 33.5. The molecule has 2 atom stereocenters. The van der Waals surface area contributed by atoms with Crippen LogP contribution >= 0.6 is 11.6 Å². The van der Waals surface area contributed by atoms with Gasteiger partial charge < -0.3 is 10.4 Å². The van der Waals surface area contributed by atoms with Crippen molar-refractivity contribution in [1.29, 1.82) is 0 Å². The van der Waals surface area contributed by atoms with Gasteiger partial charge in [0, 0.05) is 23.7 Å². The van der Waals surface area contributed by atoms with Crippen molar-refractivity contribution in [2.75, 3.05) is 5.32 Å². The first kappa shape index (κ1) is 16.8. The van der Waals surface area contributed by atoms with Crippen LogP contribution in [-0.2, 0) is 0 Å². The van der Waals surface area contributed by atoms with Gasteiger partial charge >= 0.3 is 0 Å². The Bertz CT molecular complexity index is 1050. The lowest BCUT2D eigenvalue weighted by Gasteiger charge is -2.58. The number of pyridine rings is 1. The fourth-order valence-electron chi connectivity index (χ4n) is 6.24. The van der Waals surface area contributed by atoms with E-state index in [0.717, 1.165) is 41.7 Å². The maximum Gasteiger partial charge on any atom is 0.159 e. The summed E-state index contributed by atoms with van der Waals surface area (Å²) in [6.45, 7) is 0. The molecule has 4 aliphatic carbocycles. The lowest BCUT2D eigenvalue weighted by molar-refractivity contribution is -0.129. The molecule has 28 heavy (non-hydrogen) atoms. The molecule has 144 valence electrons. The van der Waals surface area contributed by atoms with Crippen molar-refractivity contribution in [3.8, 4) is 5.69 Å². The third-order valence-corrected chi connectivity index (χ3v) is 7.36. The molecule has 4 fully saturated rings. The zero-order valence-electron chi connectivity index (χ0n) is 15.6. The first-order chi connectivity index (χ1) is 13.6. The average molecular weight is 395 g/mol. The van der Waals surface area contributed by atoms with Gasteiger partial charge in [-0.05, 0) is 68.1 Å². The lowest BCUT2D eigenvalue weighted by atomic mass is 9.52. The molecule has 5 nitrogen and oxygen atoms in total. The van der Waals surface area contributed by atoms with Crippen LogP contribution in [0.1, 0.15) is 32.1 Å². The number of hydrogen-bond acceptors (Lipinski definition) is 4. The van der Waals surface area contributed by atoms with Gasteiger partial charge in [0.25, 0.3) is 0 Å². The molecule has 2 unspecified atom stereocenters. The molecule has 6 heteroatoms. The Kier molecular flexibility index (Phi) is 3.57. The van der Waals surface area contributed by atoms with Gasteiger partial charge in [-0.1, -0.05) is 23.7 Å². The van der Waals surface area contributed by atoms with Crippen molar-refractivity contribution in [3.05, 3.63) is 47.7 Å². The SMILES string of the molecule is OC12CC3CC(C1)C(Nc1cc(-n4nc(Cl)c5ccccc54)ccn1)C(C3)C2. The lowest BCUT2D eigenvalue weighted by Crippen LogP contribution is -2.59. The van der Waals surface area contributed by atoms with Crippen LogP contribution in [0.3, 0.4) is 0 Å². The third kappa shape index (κ3) is 2.56. The highest BCUT2D eigenvalue weighted by atomic mass is 35.5. The van der Waals surface area contributed by atoms with E-state index in [1.165, 1.54) is 12.8 Å². The van der Waals surface area contributed by atoms with Crippen LogP contribution in [0.5, 0.6) is 0 Å². The molecule has 0 amide bonds. The molecule has 4 aliphatic rings. The van der Waals surface area contributed by atoms with E-state index in [1.807, 2.05) is 41.2 Å². The molecule has 0 spiro atoms. The first-order valence-electron chi connectivity index (χ1n) is 10.2. The Balaban J connectivity index is 1.32. The average Bonchev–Trinajstić information content (AvgIpc) is 3.01. The molecule has 2 aromatic heterocycles. The Morgan fingerprint density at radius 1 is 1.11 bits per heavy atom. The number of rotatable bonds is 3. The maximum absolute atomic E-state index is 10.8. The monoisotopic (exact) mass is 394 g/mol. The molecule has 0 radical (unpaired) electrons. The fraction of sp³-hybridized carbons (Fsp3) is 0.455. The Labute approximate surface area is 168 Å². The number of fused-ring (bicyclic) bond motifs is 1. The summed E-state index contributed by atoms with van der Waals surface area (Å²) >= 11 is 6.33. The number of para-hydroxylation sites is 1. The Morgan fingerprint density at radius 3 is 2.68 bits per heavy atom. The molecule has 4 bridgehead atoms. The van der Waals surface area contributed by atoms with Crippen LogP contribution in [0.15, 0.2) is 42.6 Å². The van der Waals surface area contributed by atoms with Gasteiger partial charge in [0.2, 0.25) is 0 Å². The highest BCUT2D eigenvalue weighted by molar-refractivity contribution is 6.34. The van der Waals surface area contributed by atoms with Crippen LogP contribution in [0.2, 0.25) is 5.15 Å². The largest absolute Gasteiger partial charge is 0.390 e. The predicted octanol–water partition coefficient (Wildman–Crippen LogP) is 4.43. The molecule has 3 aromatic rings. The molecule has 4 saturated carbocycles. The second-order valence-electron chi connectivity index (χ2n) is 8.98. The van der Waals surface area contributed by atoms with Crippen molar-refractivity contribution >= 4 is 28.3 Å². The number of nitrogens with one attached hydrogen (secondary N) is 1. The standard InChI is InChI=1S/C22H23ClN4O/c23-21-17-3-1-2-4-18(17)27(26-21)16-5-6-24-19(9-16)25-20-14-7-13-8-15(20)12-22(28,10-13)11-14/h1-6,9,13-15,20,28H,7-8,10-12H2,(H,24,25). The van der Waals surface area contributed by atoms with Crippen LogP contribution < -0.4 is 5.32 Å². The summed E-state index contributed by atoms with van der Waals surface area (Å²) in [6.07, 6.45) is 7.15. The summed E-state index contributed by atoms with van der Waals surface area (Å²) < 4.78 is 1.88. The van der Waals surface area contributed by atoms with Crippen LogP contribution in [0, 0.1) is 17.8 Å². The van der Waals surface area contributed by atoms with Gasteiger partial charge in [-0.15, -0.1) is 0 Å². The summed E-state index contributed by atoms with van der Waals surface area (Å²) in [4.78, 5) is 4.57. The fourth-order valence-corrected chi connectivity index (χ4v) is 6.48. The summed E-state index contributed by atoms with van der Waals surface area (Å²) in [5.41, 5.74) is 1.53. The number of halogens is 1. The second-order valence-corrected chi connectivity index (χ2v) is 9.34. The van der Waals surface area contributed by atoms with E-state index < -0.39 is 5.60 Å². The topological polar surface area (TPSA) is 63.0 Å². The Hall–Kier alpha value is -2.11. The van der Waals surface area contributed by atoms with E-state index in [2.05, 4.69) is 21.5 Å². The number of nitrogens with zero attached hydrogens (tertiary/aromatic N) is 3. The second kappa shape index (κ2) is 5.94. The van der Waals surface area contributed by atoms with E-state index >= 15 is 0 Å². The highest BCUT2D eigenvalue weighted by Crippen LogP contribution is 2.56. The molecule has 2 heterocycles. The zero-order valence-corrected chi connectivity index (χ0v) is 16.3. The van der Waals surface area contributed by atoms with E-state index in [0.29, 0.717) is 28.9 Å². The number of anilines is 1. The van der Waals surface area contributed by atoms with Crippen LogP contribution in [0.25, 0.3) is 16.6 Å². The van der Waals surface area contributed by atoms with Gasteiger partial charge in [0.1, 0.15) is 5.82 Å². The predicted molar refractivity (Wildman–Crippen MR) is 110 cm³/mol. The van der Waals surface area contributed by atoms with E-state index in [-0.39, 0.29) is 0 Å². The van der Waals surface area contributed by atoms with Crippen molar-refractivity contribution in [3.63, 3.8) is 0 Å². The minimum Gasteiger partial charge on any atom is -0.390 e. The number of aromatic nitrogens is 3. The van der Waals surface area contributed by atoms with Gasteiger partial charge in [-0.2, -0.15) is 5.10 Å². The smallest absolute Gasteiger partial charge is 0.159 e. The molecular weight excluding hydrogens is 372 g/mol. The number of benzene rings is 1. The van der Waals surface area contributed by atoms with Crippen LogP contribution in [-0.4, -0.2) is 31.5 Å². The van der Waals surface area contributed by atoms with E-state index in [1.54, 1.807) is 0 Å². The third-order valence-electron chi connectivity index (χ3n) is 7.09. The molecular formula is C22H23ClN4O. The van der Waals surface area contributed by atoms with Crippen molar-refractivity contribution in [2.45, 2.75) is 43.7 Å². The summed E-state index contributed by atoms with van der Waals surface area (Å²) in [5, 5.41) is 20.5. The van der Waals surface area contributed by atoms with Crippen molar-refractivity contribution in [2.24, 2.45) is 17.8 Å². The van der Waals surface area contributed by atoms with Gasteiger partial charge in [0.05, 0.1) is 16.8 Å². The molecule has 7 rings (SSSR count). The van der Waals surface area contributed by atoms with Crippen molar-refractivity contribution in [1.82, 2.24) is 14.8 Å². The Morgan fingerprint density at radius 2 is 1.89 bits per heavy atom. The number of aliphatic hydroxyl groups is 1. The number of hydrogen-bond donors (Lipinski definition) is 2. The first-order valence-corrected chi connectivity index (χ1v) is 10.5. The van der Waals surface area contributed by atoms with Crippen molar-refractivity contribution < 1.29 is 5.11 Å².